The van der Waals surface area contributed by atoms with E-state index in [9.17, 15) is 17.6 Å². The summed E-state index contributed by atoms with van der Waals surface area (Å²) in [5, 5.41) is 2.11. The molecule has 74 valence electrons. The molecule has 1 aliphatic heterocycles. The van der Waals surface area contributed by atoms with Gasteiger partial charge in [0.25, 0.3) is 0 Å². The largest absolute Gasteiger partial charge is 0.406 e. The fourth-order valence-electron chi connectivity index (χ4n) is 1.17. The van der Waals surface area contributed by atoms with Crippen molar-refractivity contribution < 1.29 is 17.6 Å². The second-order valence-electron chi connectivity index (χ2n) is 2.63. The van der Waals surface area contributed by atoms with Crippen molar-refractivity contribution in [2.45, 2.75) is 31.2 Å². The van der Waals surface area contributed by atoms with Gasteiger partial charge >= 0.3 is 6.18 Å². The maximum absolute atomic E-state index is 12.6. The third kappa shape index (κ3) is 2.79. The maximum atomic E-state index is 12.6. The molecule has 0 aromatic carbocycles. The summed E-state index contributed by atoms with van der Waals surface area (Å²) < 4.78 is 48.2. The smallest absolute Gasteiger partial charge is 0.304 e. The van der Waals surface area contributed by atoms with Gasteiger partial charge in [0.2, 0.25) is 0 Å². The van der Waals surface area contributed by atoms with Crippen LogP contribution in [-0.2, 0) is 0 Å². The molecule has 0 aromatic rings. The van der Waals surface area contributed by atoms with Gasteiger partial charge in [-0.15, -0.1) is 12.4 Å². The molecule has 2 atom stereocenters. The fourth-order valence-corrected chi connectivity index (χ4v) is 1.17. The summed E-state index contributed by atoms with van der Waals surface area (Å²) in [6.45, 7) is 0.255. The van der Waals surface area contributed by atoms with E-state index in [0.717, 1.165) is 0 Å². The van der Waals surface area contributed by atoms with E-state index < -0.39 is 18.4 Å². The number of rotatable bonds is 0. The lowest BCUT2D eigenvalue weighted by atomic mass is 10.0. The minimum Gasteiger partial charge on any atom is -0.304 e. The summed E-state index contributed by atoms with van der Waals surface area (Å²) in [7, 11) is 0. The minimum atomic E-state index is -4.44. The van der Waals surface area contributed by atoms with E-state index in [2.05, 4.69) is 5.32 Å². The van der Waals surface area contributed by atoms with Crippen molar-refractivity contribution in [3.63, 3.8) is 0 Å². The number of nitrogens with one attached hydrogen (secondary N) is 1. The first-order chi connectivity index (χ1) is 5.02. The van der Waals surface area contributed by atoms with Crippen LogP contribution in [0.5, 0.6) is 0 Å². The molecule has 0 amide bonds. The van der Waals surface area contributed by atoms with Gasteiger partial charge in [0.05, 0.1) is 0 Å². The summed E-state index contributed by atoms with van der Waals surface area (Å²) in [5.74, 6) is 0. The van der Waals surface area contributed by atoms with Gasteiger partial charge in [0, 0.05) is 0 Å². The highest BCUT2D eigenvalue weighted by atomic mass is 35.5. The number of alkyl halides is 4. The van der Waals surface area contributed by atoms with E-state index in [1.54, 1.807) is 0 Å². The fraction of sp³-hybridized carbons (Fsp3) is 1.00. The number of hydrogen-bond acceptors (Lipinski definition) is 1. The zero-order chi connectivity index (χ0) is 8.48. The molecule has 1 nitrogen and oxygen atoms in total. The molecule has 0 radical (unpaired) electrons. The lowest BCUT2D eigenvalue weighted by Gasteiger charge is -2.28. The molecule has 1 aliphatic rings. The van der Waals surface area contributed by atoms with Gasteiger partial charge in [-0.1, -0.05) is 0 Å². The lowest BCUT2D eigenvalue weighted by Crippen LogP contribution is -2.52. The Morgan fingerprint density at radius 3 is 2.17 bits per heavy atom. The molecule has 0 unspecified atom stereocenters. The van der Waals surface area contributed by atoms with Gasteiger partial charge in [-0.25, -0.2) is 4.39 Å². The Morgan fingerprint density at radius 1 is 1.25 bits per heavy atom. The van der Waals surface area contributed by atoms with Gasteiger partial charge < -0.3 is 5.32 Å². The van der Waals surface area contributed by atoms with Crippen LogP contribution in [0.2, 0.25) is 0 Å². The topological polar surface area (TPSA) is 12.0 Å². The van der Waals surface area contributed by atoms with Crippen molar-refractivity contribution in [1.29, 1.82) is 0 Å². The molecular weight excluding hydrogens is 198 g/mol. The van der Waals surface area contributed by atoms with E-state index in [4.69, 9.17) is 0 Å². The van der Waals surface area contributed by atoms with E-state index >= 15 is 0 Å². The molecule has 1 fully saturated rings. The molecule has 0 bridgehead atoms. The molecule has 0 spiro atoms. The molecule has 1 rings (SSSR count). The first-order valence-corrected chi connectivity index (χ1v) is 3.46. The SMILES string of the molecule is Cl.F[C@H]1CCCN[C@H]1C(F)(F)F. The molecule has 1 heterocycles. The van der Waals surface area contributed by atoms with Crippen LogP contribution in [0, 0.1) is 0 Å². The molecule has 0 saturated carbocycles. The first kappa shape index (κ1) is 12.0. The van der Waals surface area contributed by atoms with Crippen LogP contribution in [0.3, 0.4) is 0 Å². The van der Waals surface area contributed by atoms with E-state index in [1.807, 2.05) is 0 Å². The molecule has 1 saturated heterocycles. The zero-order valence-electron chi connectivity index (χ0n) is 6.20. The van der Waals surface area contributed by atoms with Gasteiger partial charge in [-0.3, -0.25) is 0 Å². The quantitative estimate of drug-likeness (QED) is 0.600. The average molecular weight is 208 g/mol. The predicted molar refractivity (Wildman–Crippen MR) is 39.2 cm³/mol. The Hall–Kier alpha value is -0.0300. The lowest BCUT2D eigenvalue weighted by molar-refractivity contribution is -0.174. The van der Waals surface area contributed by atoms with Crippen LogP contribution in [0.25, 0.3) is 0 Å². The average Bonchev–Trinajstić information content (AvgIpc) is 1.86. The van der Waals surface area contributed by atoms with Crippen LogP contribution >= 0.6 is 12.4 Å². The van der Waals surface area contributed by atoms with Crippen molar-refractivity contribution in [2.24, 2.45) is 0 Å². The second-order valence-corrected chi connectivity index (χ2v) is 2.63. The molecule has 12 heavy (non-hydrogen) atoms. The highest BCUT2D eigenvalue weighted by Crippen LogP contribution is 2.27. The summed E-state index contributed by atoms with van der Waals surface area (Å²) in [4.78, 5) is 0. The maximum Gasteiger partial charge on any atom is 0.406 e. The van der Waals surface area contributed by atoms with Gasteiger partial charge in [-0.2, -0.15) is 13.2 Å². The van der Waals surface area contributed by atoms with Gasteiger partial charge in [-0.05, 0) is 19.4 Å². The molecule has 0 aliphatic carbocycles. The monoisotopic (exact) mass is 207 g/mol. The summed E-state index contributed by atoms with van der Waals surface area (Å²) in [6, 6.07) is -1.95. The molecular formula is C6H10ClF4N. The molecule has 0 aromatic heterocycles. The van der Waals surface area contributed by atoms with Crippen molar-refractivity contribution >= 4 is 12.4 Å². The highest BCUT2D eigenvalue weighted by Gasteiger charge is 2.45. The second kappa shape index (κ2) is 4.28. The Morgan fingerprint density at radius 2 is 1.83 bits per heavy atom. The Labute approximate surface area is 73.9 Å². The summed E-state index contributed by atoms with van der Waals surface area (Å²) >= 11 is 0. The van der Waals surface area contributed by atoms with Crippen LogP contribution in [0.1, 0.15) is 12.8 Å². The van der Waals surface area contributed by atoms with Gasteiger partial charge in [0.1, 0.15) is 12.2 Å². The zero-order valence-corrected chi connectivity index (χ0v) is 7.01. The van der Waals surface area contributed by atoms with Crippen molar-refractivity contribution in [3.05, 3.63) is 0 Å². The Bertz CT molecular complexity index is 138. The van der Waals surface area contributed by atoms with Crippen LogP contribution < -0.4 is 5.32 Å². The number of piperidine rings is 1. The number of hydrogen-bond donors (Lipinski definition) is 1. The van der Waals surface area contributed by atoms with Crippen LogP contribution in [0.15, 0.2) is 0 Å². The van der Waals surface area contributed by atoms with Crippen molar-refractivity contribution in [2.75, 3.05) is 6.54 Å². The predicted octanol–water partition coefficient (Wildman–Crippen LogP) is 2.06. The summed E-state index contributed by atoms with van der Waals surface area (Å²) in [6.07, 6.45) is -5.73. The Balaban J connectivity index is 0.00000121. The van der Waals surface area contributed by atoms with E-state index in [1.165, 1.54) is 0 Å². The van der Waals surface area contributed by atoms with E-state index in [0.29, 0.717) is 6.42 Å². The Kier molecular flexibility index (Phi) is 4.26. The van der Waals surface area contributed by atoms with E-state index in [-0.39, 0.29) is 25.4 Å². The number of halogens is 5. The summed E-state index contributed by atoms with van der Waals surface area (Å²) in [5.41, 5.74) is 0. The minimum absolute atomic E-state index is 0. The van der Waals surface area contributed by atoms with Crippen molar-refractivity contribution in [3.8, 4) is 0 Å². The third-order valence-corrected chi connectivity index (χ3v) is 1.74. The highest BCUT2D eigenvalue weighted by molar-refractivity contribution is 5.85. The van der Waals surface area contributed by atoms with Gasteiger partial charge in [0.15, 0.2) is 0 Å². The normalized spacial score (nSPS) is 31.0. The van der Waals surface area contributed by atoms with Crippen LogP contribution in [0.4, 0.5) is 17.6 Å². The standard InChI is InChI=1S/C6H9F4N.ClH/c7-4-2-1-3-11-5(4)6(8,9)10;/h4-5,11H,1-3H2;1H/t4-,5+;/m0./s1. The molecule has 6 heteroatoms. The molecule has 1 N–H and O–H groups in total. The van der Waals surface area contributed by atoms with Crippen LogP contribution in [-0.4, -0.2) is 24.9 Å². The third-order valence-electron chi connectivity index (χ3n) is 1.74. The van der Waals surface area contributed by atoms with Crippen molar-refractivity contribution in [1.82, 2.24) is 5.32 Å². The first-order valence-electron chi connectivity index (χ1n) is 3.46.